The number of hydrogen-bond acceptors (Lipinski definition) is 6. The third-order valence-corrected chi connectivity index (χ3v) is 4.94. The van der Waals surface area contributed by atoms with Crippen molar-refractivity contribution in [3.63, 3.8) is 0 Å². The minimum atomic E-state index is -3.26. The monoisotopic (exact) mass is 319 g/mol. The van der Waals surface area contributed by atoms with E-state index in [1.165, 1.54) is 16.9 Å². The molecule has 0 bridgehead atoms. The molecule has 0 unspecified atom stereocenters. The first-order valence-electron chi connectivity index (χ1n) is 7.03. The second-order valence-corrected chi connectivity index (χ2v) is 7.35. The highest BCUT2D eigenvalue weighted by atomic mass is 32.2. The van der Waals surface area contributed by atoms with Crippen molar-refractivity contribution in [1.82, 2.24) is 24.2 Å². The van der Waals surface area contributed by atoms with E-state index < -0.39 is 10.0 Å². The van der Waals surface area contributed by atoms with Crippen molar-refractivity contribution in [3.8, 4) is 11.3 Å². The average Bonchev–Trinajstić information content (AvgIpc) is 2.97. The summed E-state index contributed by atoms with van der Waals surface area (Å²) in [6.07, 6.45) is 7.61. The molecule has 0 amide bonds. The first kappa shape index (κ1) is 15.0. The number of rotatable bonds is 3. The van der Waals surface area contributed by atoms with Gasteiger partial charge in [-0.3, -0.25) is 0 Å². The molecule has 22 heavy (non-hydrogen) atoms. The highest BCUT2D eigenvalue weighted by Crippen LogP contribution is 2.32. The van der Waals surface area contributed by atoms with Gasteiger partial charge in [0.15, 0.2) is 0 Å². The third-order valence-electron chi connectivity index (χ3n) is 3.66. The summed E-state index contributed by atoms with van der Waals surface area (Å²) in [5.74, 6) is 0.543. The van der Waals surface area contributed by atoms with Gasteiger partial charge in [-0.05, 0) is 25.8 Å². The molecule has 7 nitrogen and oxygen atoms in total. The molecule has 1 fully saturated rings. The molecule has 3 rings (SSSR count). The van der Waals surface area contributed by atoms with Crippen LogP contribution in [0.2, 0.25) is 0 Å². The van der Waals surface area contributed by atoms with Gasteiger partial charge >= 0.3 is 0 Å². The van der Waals surface area contributed by atoms with Crippen LogP contribution < -0.4 is 0 Å². The summed E-state index contributed by atoms with van der Waals surface area (Å²) >= 11 is 0. The van der Waals surface area contributed by atoms with Gasteiger partial charge < -0.3 is 0 Å². The van der Waals surface area contributed by atoms with Crippen molar-refractivity contribution >= 4 is 10.0 Å². The van der Waals surface area contributed by atoms with Gasteiger partial charge in [-0.2, -0.15) is 4.31 Å². The number of aromatic nitrogens is 4. The van der Waals surface area contributed by atoms with Crippen LogP contribution in [0.3, 0.4) is 0 Å². The molecule has 0 aliphatic carbocycles. The predicted octanol–water partition coefficient (Wildman–Crippen LogP) is 1.34. The summed E-state index contributed by atoms with van der Waals surface area (Å²) in [4.78, 5) is 17.0. The van der Waals surface area contributed by atoms with E-state index in [1.807, 2.05) is 13.0 Å². The molecule has 116 valence electrons. The zero-order valence-corrected chi connectivity index (χ0v) is 13.3. The zero-order chi connectivity index (χ0) is 15.7. The lowest BCUT2D eigenvalue weighted by Gasteiger charge is -2.21. The number of hydrogen-bond donors (Lipinski definition) is 0. The van der Waals surface area contributed by atoms with Crippen LogP contribution in [0.5, 0.6) is 0 Å². The molecule has 0 aromatic carbocycles. The molecule has 0 spiro atoms. The molecule has 2 aromatic rings. The van der Waals surface area contributed by atoms with E-state index >= 15 is 0 Å². The van der Waals surface area contributed by atoms with Gasteiger partial charge in [-0.25, -0.2) is 28.4 Å². The highest BCUT2D eigenvalue weighted by molar-refractivity contribution is 7.88. The normalized spacial score (nSPS) is 19.5. The van der Waals surface area contributed by atoms with Crippen LogP contribution in [0, 0.1) is 6.92 Å². The Bertz CT molecular complexity index is 779. The molecule has 2 aromatic heterocycles. The Labute approximate surface area is 129 Å². The standard InChI is InChI=1S/C14H17N5O2S/c1-10-6-12(11-7-15-9-16-8-11)18-14(17-10)13-4-3-5-19(13)22(2,20)21/h6-9,13H,3-5H2,1-2H3/t13-/m0/s1. The largest absolute Gasteiger partial charge is 0.244 e. The van der Waals surface area contributed by atoms with Crippen molar-refractivity contribution in [2.24, 2.45) is 0 Å². The van der Waals surface area contributed by atoms with Crippen LogP contribution in [-0.4, -0.2) is 45.5 Å². The Morgan fingerprint density at radius 3 is 2.64 bits per heavy atom. The van der Waals surface area contributed by atoms with Crippen molar-refractivity contribution in [1.29, 1.82) is 0 Å². The lowest BCUT2D eigenvalue weighted by Crippen LogP contribution is -2.30. The molecule has 3 heterocycles. The second kappa shape index (κ2) is 5.69. The minimum Gasteiger partial charge on any atom is -0.244 e. The fourth-order valence-electron chi connectivity index (χ4n) is 2.71. The summed E-state index contributed by atoms with van der Waals surface area (Å²) in [7, 11) is -3.26. The van der Waals surface area contributed by atoms with Gasteiger partial charge in [0.25, 0.3) is 0 Å². The van der Waals surface area contributed by atoms with E-state index in [9.17, 15) is 8.42 Å². The summed E-state index contributed by atoms with van der Waals surface area (Å²) in [5.41, 5.74) is 2.30. The molecule has 1 atom stereocenters. The van der Waals surface area contributed by atoms with E-state index in [2.05, 4.69) is 19.9 Å². The van der Waals surface area contributed by atoms with Gasteiger partial charge in [0.1, 0.15) is 12.2 Å². The van der Waals surface area contributed by atoms with Gasteiger partial charge in [-0.1, -0.05) is 0 Å². The Balaban J connectivity index is 2.03. The van der Waals surface area contributed by atoms with E-state index in [0.717, 1.165) is 24.1 Å². The molecule has 0 saturated carbocycles. The Morgan fingerprint density at radius 1 is 1.23 bits per heavy atom. The van der Waals surface area contributed by atoms with E-state index in [-0.39, 0.29) is 6.04 Å². The lowest BCUT2D eigenvalue weighted by molar-refractivity contribution is 0.386. The van der Waals surface area contributed by atoms with Crippen LogP contribution in [0.4, 0.5) is 0 Å². The van der Waals surface area contributed by atoms with Gasteiger partial charge in [0, 0.05) is 30.2 Å². The second-order valence-electron chi connectivity index (χ2n) is 5.41. The Morgan fingerprint density at radius 2 is 1.95 bits per heavy atom. The maximum Gasteiger partial charge on any atom is 0.211 e. The molecule has 1 aliphatic rings. The van der Waals surface area contributed by atoms with E-state index in [1.54, 1.807) is 12.4 Å². The lowest BCUT2D eigenvalue weighted by atomic mass is 10.1. The maximum absolute atomic E-state index is 11.9. The third kappa shape index (κ3) is 2.97. The molecular formula is C14H17N5O2S. The topological polar surface area (TPSA) is 88.9 Å². The van der Waals surface area contributed by atoms with Crippen molar-refractivity contribution in [3.05, 3.63) is 36.3 Å². The van der Waals surface area contributed by atoms with Gasteiger partial charge in [-0.15, -0.1) is 0 Å². The van der Waals surface area contributed by atoms with Crippen molar-refractivity contribution < 1.29 is 8.42 Å². The number of sulfonamides is 1. The molecular weight excluding hydrogens is 302 g/mol. The first-order valence-corrected chi connectivity index (χ1v) is 8.88. The molecule has 8 heteroatoms. The predicted molar refractivity (Wildman–Crippen MR) is 81.3 cm³/mol. The minimum absolute atomic E-state index is 0.293. The quantitative estimate of drug-likeness (QED) is 0.848. The van der Waals surface area contributed by atoms with E-state index in [0.29, 0.717) is 18.1 Å². The van der Waals surface area contributed by atoms with Crippen LogP contribution in [0.15, 0.2) is 24.8 Å². The van der Waals surface area contributed by atoms with Gasteiger partial charge in [0.05, 0.1) is 18.0 Å². The van der Waals surface area contributed by atoms with Crippen LogP contribution in [0.25, 0.3) is 11.3 Å². The van der Waals surface area contributed by atoms with Crippen LogP contribution >= 0.6 is 0 Å². The van der Waals surface area contributed by atoms with Crippen molar-refractivity contribution in [2.75, 3.05) is 12.8 Å². The van der Waals surface area contributed by atoms with Crippen molar-refractivity contribution in [2.45, 2.75) is 25.8 Å². The smallest absolute Gasteiger partial charge is 0.211 e. The summed E-state index contributed by atoms with van der Waals surface area (Å²) in [6.45, 7) is 2.39. The average molecular weight is 319 g/mol. The number of aryl methyl sites for hydroxylation is 1. The molecule has 1 saturated heterocycles. The summed E-state index contributed by atoms with van der Waals surface area (Å²) in [5, 5.41) is 0. The Kier molecular flexibility index (Phi) is 3.88. The first-order chi connectivity index (χ1) is 10.4. The SMILES string of the molecule is Cc1cc(-c2cncnc2)nc([C@@H]2CCCN2S(C)(=O)=O)n1. The van der Waals surface area contributed by atoms with Gasteiger partial charge in [0.2, 0.25) is 10.0 Å². The number of nitrogens with zero attached hydrogens (tertiary/aromatic N) is 5. The zero-order valence-electron chi connectivity index (χ0n) is 12.5. The fourth-order valence-corrected chi connectivity index (χ4v) is 3.84. The van der Waals surface area contributed by atoms with E-state index in [4.69, 9.17) is 0 Å². The summed E-state index contributed by atoms with van der Waals surface area (Å²) < 4.78 is 25.3. The van der Waals surface area contributed by atoms with Crippen LogP contribution in [0.1, 0.15) is 30.4 Å². The molecule has 1 aliphatic heterocycles. The van der Waals surface area contributed by atoms with Crippen LogP contribution in [-0.2, 0) is 10.0 Å². The highest BCUT2D eigenvalue weighted by Gasteiger charge is 2.34. The molecule has 0 radical (unpaired) electrons. The molecule has 0 N–H and O–H groups in total. The fraction of sp³-hybridized carbons (Fsp3) is 0.429. The Hall–Kier alpha value is -1.93. The maximum atomic E-state index is 11.9. The summed E-state index contributed by atoms with van der Waals surface area (Å²) in [6, 6.07) is 1.56.